The van der Waals surface area contributed by atoms with Crippen LogP contribution in [0.2, 0.25) is 0 Å². The summed E-state index contributed by atoms with van der Waals surface area (Å²) in [7, 11) is 0. The Morgan fingerprint density at radius 1 is 1.32 bits per heavy atom. The van der Waals surface area contributed by atoms with Crippen molar-refractivity contribution < 1.29 is 13.9 Å². The highest BCUT2D eigenvalue weighted by molar-refractivity contribution is 5.73. The molecule has 0 spiro atoms. The number of nitrogens with two attached hydrogens (primary N) is 1. The van der Waals surface area contributed by atoms with Crippen molar-refractivity contribution in [3.8, 4) is 5.75 Å². The number of ether oxygens (including phenoxy) is 1. The Bertz CT molecular complexity index is 523. The van der Waals surface area contributed by atoms with Gasteiger partial charge in [0.25, 0.3) is 0 Å². The lowest BCUT2D eigenvalue weighted by atomic mass is 10.2. The third kappa shape index (κ3) is 4.06. The summed E-state index contributed by atoms with van der Waals surface area (Å²) in [6, 6.07) is 9.45. The Balaban J connectivity index is 1.93. The van der Waals surface area contributed by atoms with Crippen molar-refractivity contribution in [2.24, 2.45) is 5.73 Å². The largest absolute Gasteiger partial charge is 0.491 e. The number of hydrogen-bond acceptors (Lipinski definition) is 4. The molecule has 2 rings (SSSR count). The third-order valence-electron chi connectivity index (χ3n) is 2.56. The van der Waals surface area contributed by atoms with Crippen LogP contribution in [-0.2, 0) is 11.3 Å². The van der Waals surface area contributed by atoms with Crippen molar-refractivity contribution in [3.05, 3.63) is 48.4 Å². The summed E-state index contributed by atoms with van der Waals surface area (Å²) >= 11 is 0. The van der Waals surface area contributed by atoms with E-state index in [1.54, 1.807) is 12.5 Å². The van der Waals surface area contributed by atoms with Crippen LogP contribution in [0.25, 0.3) is 0 Å². The van der Waals surface area contributed by atoms with Crippen molar-refractivity contribution in [2.75, 3.05) is 11.9 Å². The molecule has 0 atom stereocenters. The maximum absolute atomic E-state index is 10.7. The molecule has 0 radical (unpaired) electrons. The number of furan rings is 1. The number of para-hydroxylation sites is 2. The van der Waals surface area contributed by atoms with E-state index in [1.807, 2.05) is 30.3 Å². The molecular weight excluding hydrogens is 244 g/mol. The SMILES string of the molecule is NC(=O)CCOc1ccccc1NCc1ccoc1. The fourth-order valence-corrected chi connectivity index (χ4v) is 1.59. The van der Waals surface area contributed by atoms with Crippen LogP contribution >= 0.6 is 0 Å². The number of anilines is 1. The number of primary amides is 1. The molecule has 5 heteroatoms. The molecule has 100 valence electrons. The van der Waals surface area contributed by atoms with E-state index in [9.17, 15) is 4.79 Å². The quantitative estimate of drug-likeness (QED) is 0.799. The fourth-order valence-electron chi connectivity index (χ4n) is 1.59. The summed E-state index contributed by atoms with van der Waals surface area (Å²) in [6.07, 6.45) is 3.52. The van der Waals surface area contributed by atoms with Crippen molar-refractivity contribution in [1.29, 1.82) is 0 Å². The Labute approximate surface area is 111 Å². The van der Waals surface area contributed by atoms with Crippen LogP contribution in [-0.4, -0.2) is 12.5 Å². The smallest absolute Gasteiger partial charge is 0.220 e. The number of rotatable bonds is 7. The van der Waals surface area contributed by atoms with Gasteiger partial charge in [-0.1, -0.05) is 12.1 Å². The summed E-state index contributed by atoms with van der Waals surface area (Å²) in [5.41, 5.74) is 6.99. The zero-order chi connectivity index (χ0) is 13.5. The van der Waals surface area contributed by atoms with Crippen LogP contribution < -0.4 is 15.8 Å². The predicted molar refractivity (Wildman–Crippen MR) is 71.8 cm³/mol. The average Bonchev–Trinajstić information content (AvgIpc) is 2.90. The van der Waals surface area contributed by atoms with Gasteiger partial charge in [-0.15, -0.1) is 0 Å². The van der Waals surface area contributed by atoms with Gasteiger partial charge in [0.05, 0.1) is 31.2 Å². The zero-order valence-corrected chi connectivity index (χ0v) is 10.5. The van der Waals surface area contributed by atoms with Gasteiger partial charge in [-0.3, -0.25) is 4.79 Å². The van der Waals surface area contributed by atoms with E-state index < -0.39 is 0 Å². The first-order valence-corrected chi connectivity index (χ1v) is 6.01. The topological polar surface area (TPSA) is 77.5 Å². The van der Waals surface area contributed by atoms with Gasteiger partial charge in [0.15, 0.2) is 0 Å². The van der Waals surface area contributed by atoms with Crippen LogP contribution in [0.3, 0.4) is 0 Å². The number of nitrogens with one attached hydrogen (secondary N) is 1. The molecule has 1 aromatic carbocycles. The van der Waals surface area contributed by atoms with Gasteiger partial charge in [0.2, 0.25) is 5.91 Å². The zero-order valence-electron chi connectivity index (χ0n) is 10.5. The molecule has 3 N–H and O–H groups in total. The Kier molecular flexibility index (Phi) is 4.44. The maximum Gasteiger partial charge on any atom is 0.220 e. The normalized spacial score (nSPS) is 10.1. The maximum atomic E-state index is 10.7. The highest BCUT2D eigenvalue weighted by Crippen LogP contribution is 2.24. The summed E-state index contributed by atoms with van der Waals surface area (Å²) in [6.45, 7) is 0.923. The van der Waals surface area contributed by atoms with E-state index in [0.717, 1.165) is 11.3 Å². The number of hydrogen-bond donors (Lipinski definition) is 2. The number of amides is 1. The van der Waals surface area contributed by atoms with E-state index in [1.165, 1.54) is 0 Å². The second-order valence-electron chi connectivity index (χ2n) is 4.05. The Morgan fingerprint density at radius 3 is 2.89 bits per heavy atom. The van der Waals surface area contributed by atoms with Crippen molar-refractivity contribution in [2.45, 2.75) is 13.0 Å². The van der Waals surface area contributed by atoms with Crippen LogP contribution in [0.4, 0.5) is 5.69 Å². The van der Waals surface area contributed by atoms with E-state index >= 15 is 0 Å². The molecule has 0 saturated carbocycles. The molecular formula is C14H16N2O3. The monoisotopic (exact) mass is 260 g/mol. The van der Waals surface area contributed by atoms with E-state index in [2.05, 4.69) is 5.32 Å². The van der Waals surface area contributed by atoms with Gasteiger partial charge in [0.1, 0.15) is 5.75 Å². The Hall–Kier alpha value is -2.43. The van der Waals surface area contributed by atoms with Gasteiger partial charge in [-0.25, -0.2) is 0 Å². The molecule has 19 heavy (non-hydrogen) atoms. The number of carbonyl (C=O) groups is 1. The average molecular weight is 260 g/mol. The minimum Gasteiger partial charge on any atom is -0.491 e. The second-order valence-corrected chi connectivity index (χ2v) is 4.05. The lowest BCUT2D eigenvalue weighted by Crippen LogP contribution is -2.15. The third-order valence-corrected chi connectivity index (χ3v) is 2.56. The Morgan fingerprint density at radius 2 is 2.16 bits per heavy atom. The first kappa shape index (κ1) is 13.0. The standard InChI is InChI=1S/C14H16N2O3/c15-14(17)6-8-19-13-4-2-1-3-12(13)16-9-11-5-7-18-10-11/h1-5,7,10,16H,6,8-9H2,(H2,15,17). The molecule has 0 aliphatic heterocycles. The minimum absolute atomic E-state index is 0.204. The lowest BCUT2D eigenvalue weighted by molar-refractivity contribution is -0.118. The summed E-state index contributed by atoms with van der Waals surface area (Å²) < 4.78 is 10.5. The molecule has 0 saturated heterocycles. The first-order valence-electron chi connectivity index (χ1n) is 6.01. The van der Waals surface area contributed by atoms with Crippen LogP contribution in [0.15, 0.2) is 47.3 Å². The minimum atomic E-state index is -0.371. The predicted octanol–water partition coefficient (Wildman–Crippen LogP) is 2.15. The number of carbonyl (C=O) groups excluding carboxylic acids is 1. The molecule has 2 aromatic rings. The van der Waals surface area contributed by atoms with E-state index in [-0.39, 0.29) is 18.9 Å². The summed E-state index contributed by atoms with van der Waals surface area (Å²) in [5, 5.41) is 3.25. The number of benzene rings is 1. The van der Waals surface area contributed by atoms with Gasteiger partial charge >= 0.3 is 0 Å². The van der Waals surface area contributed by atoms with Crippen LogP contribution in [0, 0.1) is 0 Å². The van der Waals surface area contributed by atoms with Crippen LogP contribution in [0.1, 0.15) is 12.0 Å². The lowest BCUT2D eigenvalue weighted by Gasteiger charge is -2.12. The summed E-state index contributed by atoms with van der Waals surface area (Å²) in [4.78, 5) is 10.7. The molecule has 1 aromatic heterocycles. The van der Waals surface area contributed by atoms with E-state index in [0.29, 0.717) is 12.3 Å². The molecule has 0 aliphatic rings. The van der Waals surface area contributed by atoms with Gasteiger partial charge < -0.3 is 20.2 Å². The molecule has 5 nitrogen and oxygen atoms in total. The fraction of sp³-hybridized carbons (Fsp3) is 0.214. The highest BCUT2D eigenvalue weighted by Gasteiger charge is 2.04. The highest BCUT2D eigenvalue weighted by atomic mass is 16.5. The second kappa shape index (κ2) is 6.49. The first-order chi connectivity index (χ1) is 9.25. The summed E-state index contributed by atoms with van der Waals surface area (Å²) in [5.74, 6) is 0.330. The molecule has 0 bridgehead atoms. The molecule has 1 heterocycles. The molecule has 0 fully saturated rings. The molecule has 0 aliphatic carbocycles. The molecule has 1 amide bonds. The van der Waals surface area contributed by atoms with Gasteiger partial charge in [-0.2, -0.15) is 0 Å². The van der Waals surface area contributed by atoms with Crippen molar-refractivity contribution in [3.63, 3.8) is 0 Å². The molecule has 0 unspecified atom stereocenters. The van der Waals surface area contributed by atoms with Crippen LogP contribution in [0.5, 0.6) is 5.75 Å². The van der Waals surface area contributed by atoms with Crippen molar-refractivity contribution in [1.82, 2.24) is 0 Å². The van der Waals surface area contributed by atoms with E-state index in [4.69, 9.17) is 14.9 Å². The van der Waals surface area contributed by atoms with Gasteiger partial charge in [0, 0.05) is 12.1 Å². The van der Waals surface area contributed by atoms with Crippen molar-refractivity contribution >= 4 is 11.6 Å². The van der Waals surface area contributed by atoms with Gasteiger partial charge in [-0.05, 0) is 18.2 Å².